The van der Waals surface area contributed by atoms with Crippen LogP contribution in [0.5, 0.6) is 0 Å². The van der Waals surface area contributed by atoms with E-state index in [-0.39, 0.29) is 38.5 Å². The molecule has 2 aliphatic rings. The highest BCUT2D eigenvalue weighted by atomic mass is 31.2. The minimum atomic E-state index is -4.71. The third kappa shape index (κ3) is 7.57. The number of pyridine rings is 1. The van der Waals surface area contributed by atoms with Crippen LogP contribution in [0.15, 0.2) is 42.5 Å². The first-order valence-electron chi connectivity index (χ1n) is 13.1. The third-order valence-corrected chi connectivity index (χ3v) is 7.62. The number of ether oxygens (including phenoxy) is 1. The zero-order valence-corrected chi connectivity index (χ0v) is 23.1. The topological polar surface area (TPSA) is 173 Å². The van der Waals surface area contributed by atoms with Crippen molar-refractivity contribution < 1.29 is 38.6 Å². The van der Waals surface area contributed by atoms with Crippen LogP contribution in [0.1, 0.15) is 23.8 Å². The number of carbonyl (C=O) groups is 3. The van der Waals surface area contributed by atoms with Crippen LogP contribution in [0.4, 0.5) is 10.5 Å². The summed E-state index contributed by atoms with van der Waals surface area (Å²) in [7, 11) is -4.71. The van der Waals surface area contributed by atoms with Crippen molar-refractivity contribution in [1.82, 2.24) is 20.1 Å². The maximum atomic E-state index is 13.4. The van der Waals surface area contributed by atoms with Gasteiger partial charge in [0.25, 0.3) is 5.91 Å². The molecule has 3 amide bonds. The van der Waals surface area contributed by atoms with Gasteiger partial charge in [0.2, 0.25) is 5.91 Å². The van der Waals surface area contributed by atoms with Crippen LogP contribution >= 0.6 is 7.60 Å². The highest BCUT2D eigenvalue weighted by Gasteiger charge is 2.35. The first-order chi connectivity index (χ1) is 19.0. The molecule has 3 heterocycles. The summed E-state index contributed by atoms with van der Waals surface area (Å²) in [5.74, 6) is -1.43. The number of nitrogens with zero attached hydrogens (tertiary/aromatic N) is 4. The Bertz CT molecular complexity index is 1260. The van der Waals surface area contributed by atoms with Crippen LogP contribution in [-0.2, 0) is 14.1 Å². The fourth-order valence-electron chi connectivity index (χ4n) is 4.75. The van der Waals surface area contributed by atoms with Gasteiger partial charge in [0.05, 0.1) is 24.6 Å². The summed E-state index contributed by atoms with van der Waals surface area (Å²) in [6, 6.07) is 11.0. The van der Waals surface area contributed by atoms with Crippen molar-refractivity contribution >= 4 is 31.2 Å². The zero-order chi connectivity index (χ0) is 28.9. The number of hydrogen-bond acceptors (Lipinski definition) is 8. The summed E-state index contributed by atoms with van der Waals surface area (Å²) in [6.07, 6.45) is -1.31. The summed E-state index contributed by atoms with van der Waals surface area (Å²) in [4.78, 5) is 67.3. The summed E-state index contributed by atoms with van der Waals surface area (Å²) in [5, 5.41) is 12.5. The molecule has 0 radical (unpaired) electrons. The van der Waals surface area contributed by atoms with Crippen molar-refractivity contribution in [2.24, 2.45) is 0 Å². The summed E-state index contributed by atoms with van der Waals surface area (Å²) in [6.45, 7) is 3.49. The lowest BCUT2D eigenvalue weighted by molar-refractivity contribution is -0.134. The van der Waals surface area contributed by atoms with Gasteiger partial charge in [-0.3, -0.25) is 14.2 Å². The number of carbonyl (C=O) groups excluding carboxylic acids is 3. The second-order valence-corrected chi connectivity index (χ2v) is 11.4. The van der Waals surface area contributed by atoms with Gasteiger partial charge in [-0.05, 0) is 25.5 Å². The first-order valence-corrected chi connectivity index (χ1v) is 14.9. The number of aliphatic hydroxyl groups excluding tert-OH is 1. The number of nitrogens with one attached hydrogen (secondary N) is 1. The van der Waals surface area contributed by atoms with Crippen molar-refractivity contribution in [3.8, 4) is 11.3 Å². The molecule has 13 nitrogen and oxygen atoms in total. The number of hydrogen-bond donors (Lipinski definition) is 4. The van der Waals surface area contributed by atoms with Gasteiger partial charge in [-0.25, -0.2) is 9.78 Å². The normalized spacial score (nSPS) is 18.4. The zero-order valence-electron chi connectivity index (χ0n) is 22.2. The van der Waals surface area contributed by atoms with E-state index in [1.54, 1.807) is 6.92 Å². The van der Waals surface area contributed by atoms with E-state index in [2.05, 4.69) is 10.3 Å². The predicted octanol–water partition coefficient (Wildman–Crippen LogP) is 0.896. The highest BCUT2D eigenvalue weighted by Crippen LogP contribution is 2.35. The van der Waals surface area contributed by atoms with E-state index in [0.717, 1.165) is 5.56 Å². The predicted molar refractivity (Wildman–Crippen MR) is 146 cm³/mol. The molecule has 40 heavy (non-hydrogen) atoms. The molecule has 1 aromatic heterocycles. The molecule has 2 fully saturated rings. The SMILES string of the molecule is CCOC(=O)N1CCN(C(=O)C(CP(=O)(O)O)NC(=O)c2cc(N3CCC(O)C3)cc(-c3ccccc3)n2)CC1. The van der Waals surface area contributed by atoms with Gasteiger partial charge in [0.15, 0.2) is 0 Å². The second-order valence-electron chi connectivity index (χ2n) is 9.73. The largest absolute Gasteiger partial charge is 0.450 e. The van der Waals surface area contributed by atoms with Crippen molar-refractivity contribution in [3.05, 3.63) is 48.2 Å². The van der Waals surface area contributed by atoms with Gasteiger partial charge < -0.3 is 39.6 Å². The molecule has 4 N–H and O–H groups in total. The number of benzene rings is 1. The highest BCUT2D eigenvalue weighted by molar-refractivity contribution is 7.51. The molecular formula is C26H34N5O8P. The molecule has 1 aromatic carbocycles. The Morgan fingerprint density at radius 3 is 2.35 bits per heavy atom. The molecule has 2 atom stereocenters. The van der Waals surface area contributed by atoms with Crippen LogP contribution in [-0.4, -0.2) is 112 Å². The lowest BCUT2D eigenvalue weighted by Gasteiger charge is -2.36. The molecule has 2 aliphatic heterocycles. The third-order valence-electron chi connectivity index (χ3n) is 6.78. The Morgan fingerprint density at radius 1 is 1.07 bits per heavy atom. The molecule has 2 saturated heterocycles. The van der Waals surface area contributed by atoms with Crippen LogP contribution in [0.3, 0.4) is 0 Å². The van der Waals surface area contributed by atoms with E-state index < -0.39 is 43.8 Å². The standard InChI is InChI=1S/C26H34N5O8P/c1-2-39-26(35)30-12-10-29(11-13-30)25(34)23(17-40(36,37)38)28-24(33)22-15-19(31-9-8-20(32)16-31)14-21(27-22)18-6-4-3-5-7-18/h3-7,14-15,20,23,32H,2,8-13,16-17H2,1H3,(H,28,33)(H2,36,37,38). The first kappa shape index (κ1) is 29.5. The van der Waals surface area contributed by atoms with Gasteiger partial charge in [0, 0.05) is 50.5 Å². The Balaban J connectivity index is 1.56. The Hall–Kier alpha value is -3.51. The number of piperazine rings is 1. The Kier molecular flexibility index (Phi) is 9.41. The minimum Gasteiger partial charge on any atom is -0.450 e. The van der Waals surface area contributed by atoms with Crippen molar-refractivity contribution in [3.63, 3.8) is 0 Å². The van der Waals surface area contributed by atoms with E-state index in [9.17, 15) is 33.8 Å². The average molecular weight is 576 g/mol. The summed E-state index contributed by atoms with van der Waals surface area (Å²) in [5.41, 5.74) is 1.87. The fraction of sp³-hybridized carbons (Fsp3) is 0.462. The number of anilines is 1. The van der Waals surface area contributed by atoms with E-state index in [4.69, 9.17) is 4.74 Å². The van der Waals surface area contributed by atoms with E-state index in [1.165, 1.54) is 15.9 Å². The van der Waals surface area contributed by atoms with Crippen LogP contribution < -0.4 is 10.2 Å². The number of aromatic nitrogens is 1. The molecule has 0 bridgehead atoms. The molecule has 14 heteroatoms. The minimum absolute atomic E-state index is 0.0339. The Labute approximate surface area is 231 Å². The molecule has 0 spiro atoms. The number of rotatable bonds is 8. The summed E-state index contributed by atoms with van der Waals surface area (Å²) < 4.78 is 16.9. The number of amides is 3. The van der Waals surface area contributed by atoms with Crippen molar-refractivity contribution in [2.75, 3.05) is 56.9 Å². The second kappa shape index (κ2) is 12.8. The van der Waals surface area contributed by atoms with E-state index in [0.29, 0.717) is 30.9 Å². The average Bonchev–Trinajstić information content (AvgIpc) is 3.38. The molecule has 216 valence electrons. The van der Waals surface area contributed by atoms with Crippen molar-refractivity contribution in [1.29, 1.82) is 0 Å². The quantitative estimate of drug-likeness (QED) is 0.331. The number of aliphatic hydroxyl groups is 1. The molecule has 0 aliphatic carbocycles. The van der Waals surface area contributed by atoms with Crippen LogP contribution in [0.2, 0.25) is 0 Å². The van der Waals surface area contributed by atoms with E-state index >= 15 is 0 Å². The van der Waals surface area contributed by atoms with Crippen LogP contribution in [0, 0.1) is 0 Å². The summed E-state index contributed by atoms with van der Waals surface area (Å²) >= 11 is 0. The van der Waals surface area contributed by atoms with Gasteiger partial charge >= 0.3 is 13.7 Å². The molecular weight excluding hydrogens is 541 g/mol. The van der Waals surface area contributed by atoms with Crippen molar-refractivity contribution in [2.45, 2.75) is 25.5 Å². The lowest BCUT2D eigenvalue weighted by atomic mass is 10.1. The fourth-order valence-corrected chi connectivity index (χ4v) is 5.47. The van der Waals surface area contributed by atoms with Gasteiger partial charge in [0.1, 0.15) is 11.7 Å². The maximum Gasteiger partial charge on any atom is 0.409 e. The smallest absolute Gasteiger partial charge is 0.409 e. The van der Waals surface area contributed by atoms with Crippen LogP contribution in [0.25, 0.3) is 11.3 Å². The molecule has 2 aromatic rings. The Morgan fingerprint density at radius 2 is 1.75 bits per heavy atom. The van der Waals surface area contributed by atoms with E-state index in [1.807, 2.05) is 41.3 Å². The lowest BCUT2D eigenvalue weighted by Crippen LogP contribution is -2.56. The molecule has 0 saturated carbocycles. The molecule has 2 unspecified atom stereocenters. The monoisotopic (exact) mass is 575 g/mol. The number of β-amino-alcohol motifs (C(OH)–C–C–N with tert-alkyl or cyclic N) is 1. The molecule has 4 rings (SSSR count). The maximum absolute atomic E-state index is 13.4. The van der Waals surface area contributed by atoms with Gasteiger partial charge in [-0.1, -0.05) is 30.3 Å². The van der Waals surface area contributed by atoms with Gasteiger partial charge in [-0.15, -0.1) is 0 Å². The van der Waals surface area contributed by atoms with Gasteiger partial charge in [-0.2, -0.15) is 0 Å².